The first-order chi connectivity index (χ1) is 6.68. The average molecular weight is 254 g/mol. The zero-order valence-corrected chi connectivity index (χ0v) is 10.3. The van der Waals surface area contributed by atoms with Gasteiger partial charge in [0, 0.05) is 30.5 Å². The van der Waals surface area contributed by atoms with Crippen LogP contribution in [0.1, 0.15) is 18.4 Å². The van der Waals surface area contributed by atoms with Gasteiger partial charge in [0.1, 0.15) is 0 Å². The molecule has 76 valence electrons. The van der Waals surface area contributed by atoms with Crippen LogP contribution in [0.5, 0.6) is 0 Å². The first-order valence-corrected chi connectivity index (χ1v) is 6.14. The summed E-state index contributed by atoms with van der Waals surface area (Å²) in [6.07, 6.45) is 2.67. The second kappa shape index (κ2) is 3.58. The molecule has 0 amide bonds. The lowest BCUT2D eigenvalue weighted by Crippen LogP contribution is -2.10. The van der Waals surface area contributed by atoms with Crippen molar-refractivity contribution in [2.75, 3.05) is 24.3 Å². The van der Waals surface area contributed by atoms with Gasteiger partial charge in [0.2, 0.25) is 0 Å². The van der Waals surface area contributed by atoms with Crippen molar-refractivity contribution in [3.05, 3.63) is 29.8 Å². The third kappa shape index (κ3) is 1.68. The Morgan fingerprint density at radius 1 is 1.21 bits per heavy atom. The maximum atomic E-state index is 3.61. The van der Waals surface area contributed by atoms with Crippen molar-refractivity contribution in [1.29, 1.82) is 0 Å². The molecule has 2 heteroatoms. The molecule has 1 aromatic carbocycles. The second-order valence-electron chi connectivity index (χ2n) is 4.36. The highest BCUT2D eigenvalue weighted by molar-refractivity contribution is 9.09. The molecule has 1 aliphatic carbocycles. The van der Waals surface area contributed by atoms with Gasteiger partial charge in [-0.05, 0) is 30.5 Å². The van der Waals surface area contributed by atoms with Crippen molar-refractivity contribution < 1.29 is 0 Å². The Balaban J connectivity index is 2.22. The fourth-order valence-electron chi connectivity index (χ4n) is 1.76. The SMILES string of the molecule is CN(C)c1ccc(C2(CBr)CC2)cc1. The number of rotatable bonds is 3. The Kier molecular flexibility index (Phi) is 2.56. The molecule has 0 unspecified atom stereocenters. The average Bonchev–Trinajstić information content (AvgIpc) is 2.99. The highest BCUT2D eigenvalue weighted by atomic mass is 79.9. The molecule has 0 heterocycles. The van der Waals surface area contributed by atoms with Gasteiger partial charge in [-0.1, -0.05) is 28.1 Å². The zero-order chi connectivity index (χ0) is 10.2. The first-order valence-electron chi connectivity index (χ1n) is 5.02. The largest absolute Gasteiger partial charge is 0.378 e. The van der Waals surface area contributed by atoms with E-state index in [1.54, 1.807) is 0 Å². The fraction of sp³-hybridized carbons (Fsp3) is 0.500. The van der Waals surface area contributed by atoms with Crippen molar-refractivity contribution in [1.82, 2.24) is 0 Å². The molecular formula is C12H16BrN. The molecule has 0 spiro atoms. The number of benzene rings is 1. The summed E-state index contributed by atoms with van der Waals surface area (Å²) >= 11 is 3.61. The molecule has 0 aliphatic heterocycles. The predicted octanol–water partition coefficient (Wildman–Crippen LogP) is 3.18. The van der Waals surface area contributed by atoms with Crippen LogP contribution in [-0.2, 0) is 5.41 Å². The van der Waals surface area contributed by atoms with E-state index in [0.29, 0.717) is 5.41 Å². The lowest BCUT2D eigenvalue weighted by molar-refractivity contribution is 0.809. The van der Waals surface area contributed by atoms with Gasteiger partial charge < -0.3 is 4.90 Å². The topological polar surface area (TPSA) is 3.24 Å². The van der Waals surface area contributed by atoms with Crippen LogP contribution < -0.4 is 4.90 Å². The van der Waals surface area contributed by atoms with E-state index in [-0.39, 0.29) is 0 Å². The van der Waals surface area contributed by atoms with Gasteiger partial charge in [0.25, 0.3) is 0 Å². The summed E-state index contributed by atoms with van der Waals surface area (Å²) in [4.78, 5) is 2.14. The van der Waals surface area contributed by atoms with E-state index in [4.69, 9.17) is 0 Å². The second-order valence-corrected chi connectivity index (χ2v) is 4.92. The van der Waals surface area contributed by atoms with E-state index >= 15 is 0 Å². The van der Waals surface area contributed by atoms with Crippen molar-refractivity contribution in [2.24, 2.45) is 0 Å². The Bertz CT molecular complexity index is 312. The van der Waals surface area contributed by atoms with Crippen molar-refractivity contribution in [3.8, 4) is 0 Å². The number of alkyl halides is 1. The Labute approximate surface area is 94.2 Å². The number of nitrogens with zero attached hydrogens (tertiary/aromatic N) is 1. The lowest BCUT2D eigenvalue weighted by atomic mass is 9.98. The summed E-state index contributed by atoms with van der Waals surface area (Å²) in [5, 5.41) is 1.10. The van der Waals surface area contributed by atoms with Gasteiger partial charge >= 0.3 is 0 Å². The number of halogens is 1. The molecule has 0 N–H and O–H groups in total. The Hall–Kier alpha value is -0.500. The molecule has 0 aromatic heterocycles. The van der Waals surface area contributed by atoms with E-state index in [1.165, 1.54) is 24.1 Å². The Morgan fingerprint density at radius 3 is 2.14 bits per heavy atom. The van der Waals surface area contributed by atoms with Crippen molar-refractivity contribution in [2.45, 2.75) is 18.3 Å². The van der Waals surface area contributed by atoms with Gasteiger partial charge in [-0.2, -0.15) is 0 Å². The van der Waals surface area contributed by atoms with Crippen LogP contribution in [0, 0.1) is 0 Å². The molecule has 0 saturated heterocycles. The first kappa shape index (κ1) is 10.0. The van der Waals surface area contributed by atoms with E-state index in [1.807, 2.05) is 0 Å². The van der Waals surface area contributed by atoms with Crippen LogP contribution in [0.15, 0.2) is 24.3 Å². The van der Waals surface area contributed by atoms with Crippen LogP contribution in [0.4, 0.5) is 5.69 Å². The van der Waals surface area contributed by atoms with Crippen LogP contribution in [0.25, 0.3) is 0 Å². The van der Waals surface area contributed by atoms with Crippen LogP contribution in [0.2, 0.25) is 0 Å². The van der Waals surface area contributed by atoms with E-state index in [2.05, 4.69) is 59.2 Å². The molecule has 14 heavy (non-hydrogen) atoms. The minimum absolute atomic E-state index is 0.463. The maximum absolute atomic E-state index is 3.61. The number of hydrogen-bond donors (Lipinski definition) is 0. The molecular weight excluding hydrogens is 238 g/mol. The summed E-state index contributed by atoms with van der Waals surface area (Å²) in [6, 6.07) is 8.95. The minimum Gasteiger partial charge on any atom is -0.378 e. The molecule has 1 fully saturated rings. The monoisotopic (exact) mass is 253 g/mol. The van der Waals surface area contributed by atoms with E-state index < -0.39 is 0 Å². The van der Waals surface area contributed by atoms with Crippen LogP contribution >= 0.6 is 15.9 Å². The molecule has 1 aromatic rings. The summed E-state index contributed by atoms with van der Waals surface area (Å²) < 4.78 is 0. The number of hydrogen-bond acceptors (Lipinski definition) is 1. The predicted molar refractivity (Wildman–Crippen MR) is 65.5 cm³/mol. The summed E-state index contributed by atoms with van der Waals surface area (Å²) in [7, 11) is 4.15. The number of anilines is 1. The normalized spacial score (nSPS) is 17.9. The third-order valence-electron chi connectivity index (χ3n) is 3.11. The van der Waals surface area contributed by atoms with Gasteiger partial charge in [-0.15, -0.1) is 0 Å². The quantitative estimate of drug-likeness (QED) is 0.749. The molecule has 1 aliphatic rings. The molecule has 1 nitrogen and oxygen atoms in total. The summed E-state index contributed by atoms with van der Waals surface area (Å²) in [5.74, 6) is 0. The van der Waals surface area contributed by atoms with Gasteiger partial charge in [-0.25, -0.2) is 0 Å². The summed E-state index contributed by atoms with van der Waals surface area (Å²) in [6.45, 7) is 0. The molecule has 0 radical (unpaired) electrons. The summed E-state index contributed by atoms with van der Waals surface area (Å²) in [5.41, 5.74) is 3.23. The van der Waals surface area contributed by atoms with Crippen molar-refractivity contribution in [3.63, 3.8) is 0 Å². The standard InChI is InChI=1S/C12H16BrN/c1-14(2)11-5-3-10(4-6-11)12(9-13)7-8-12/h3-6H,7-9H2,1-2H3. The molecule has 1 saturated carbocycles. The van der Waals surface area contributed by atoms with Gasteiger partial charge in [0.15, 0.2) is 0 Å². The van der Waals surface area contributed by atoms with Crippen LogP contribution in [-0.4, -0.2) is 19.4 Å². The zero-order valence-electron chi connectivity index (χ0n) is 8.76. The van der Waals surface area contributed by atoms with Gasteiger partial charge in [0.05, 0.1) is 0 Å². The van der Waals surface area contributed by atoms with E-state index in [0.717, 1.165) is 5.33 Å². The minimum atomic E-state index is 0.463. The van der Waals surface area contributed by atoms with Gasteiger partial charge in [-0.3, -0.25) is 0 Å². The molecule has 2 rings (SSSR count). The molecule has 0 bridgehead atoms. The third-order valence-corrected chi connectivity index (χ3v) is 4.18. The smallest absolute Gasteiger partial charge is 0.0361 e. The Morgan fingerprint density at radius 2 is 1.79 bits per heavy atom. The maximum Gasteiger partial charge on any atom is 0.0361 e. The van der Waals surface area contributed by atoms with E-state index in [9.17, 15) is 0 Å². The molecule has 0 atom stereocenters. The fourth-order valence-corrected chi connectivity index (χ4v) is 2.65. The highest BCUT2D eigenvalue weighted by Gasteiger charge is 2.42. The highest BCUT2D eigenvalue weighted by Crippen LogP contribution is 2.49. The lowest BCUT2D eigenvalue weighted by Gasteiger charge is -2.16. The van der Waals surface area contributed by atoms with Crippen molar-refractivity contribution >= 4 is 21.6 Å². The van der Waals surface area contributed by atoms with Crippen LogP contribution in [0.3, 0.4) is 0 Å².